The maximum atomic E-state index is 11.9. The number of aromatic amines is 1. The first-order valence-corrected chi connectivity index (χ1v) is 9.02. The number of H-pyrrole nitrogens is 1. The summed E-state index contributed by atoms with van der Waals surface area (Å²) in [4.78, 5) is 22.2. The molecule has 5 heteroatoms. The molecule has 0 aliphatic carbocycles. The molecule has 2 heterocycles. The van der Waals surface area contributed by atoms with Crippen molar-refractivity contribution in [1.82, 2.24) is 9.88 Å². The topological polar surface area (TPSA) is 74.5 Å². The lowest BCUT2D eigenvalue weighted by Crippen LogP contribution is -2.28. The average Bonchev–Trinajstić information content (AvgIpc) is 3.09. The van der Waals surface area contributed by atoms with Gasteiger partial charge in [0.2, 0.25) is 0 Å². The molecule has 0 radical (unpaired) electrons. The summed E-state index contributed by atoms with van der Waals surface area (Å²) < 4.78 is 0. The minimum atomic E-state index is -0.453. The number of fused-ring (bicyclic) bond motifs is 1. The van der Waals surface area contributed by atoms with Crippen LogP contribution in [0.4, 0.5) is 5.69 Å². The highest BCUT2D eigenvalue weighted by Gasteiger charge is 2.15. The Labute approximate surface area is 158 Å². The van der Waals surface area contributed by atoms with Crippen LogP contribution in [0, 0.1) is 6.92 Å². The van der Waals surface area contributed by atoms with Gasteiger partial charge in [0.15, 0.2) is 0 Å². The molecular formula is C22H22N4O. The van der Waals surface area contributed by atoms with Gasteiger partial charge in [-0.05, 0) is 43.2 Å². The lowest BCUT2D eigenvalue weighted by Gasteiger charge is -2.21. The Kier molecular flexibility index (Phi) is 4.28. The summed E-state index contributed by atoms with van der Waals surface area (Å²) in [7, 11) is 2.03. The van der Waals surface area contributed by atoms with E-state index in [0.29, 0.717) is 5.56 Å². The zero-order valence-electron chi connectivity index (χ0n) is 15.5. The zero-order valence-corrected chi connectivity index (χ0v) is 15.5. The van der Waals surface area contributed by atoms with Crippen molar-refractivity contribution >= 4 is 28.3 Å². The van der Waals surface area contributed by atoms with Gasteiger partial charge < -0.3 is 15.6 Å². The van der Waals surface area contributed by atoms with Crippen molar-refractivity contribution in [2.75, 3.05) is 13.6 Å². The second-order valence-corrected chi connectivity index (χ2v) is 6.92. The molecule has 5 nitrogen and oxygen atoms in total. The van der Waals surface area contributed by atoms with Crippen LogP contribution in [0.1, 0.15) is 22.3 Å². The molecule has 27 heavy (non-hydrogen) atoms. The van der Waals surface area contributed by atoms with Crippen LogP contribution in [0.25, 0.3) is 22.2 Å². The Morgan fingerprint density at radius 1 is 1.19 bits per heavy atom. The third-order valence-electron chi connectivity index (χ3n) is 4.92. The highest BCUT2D eigenvalue weighted by Crippen LogP contribution is 2.33. The summed E-state index contributed by atoms with van der Waals surface area (Å²) in [6.07, 6.45) is 5.18. The molecule has 0 saturated carbocycles. The van der Waals surface area contributed by atoms with Gasteiger partial charge in [0.25, 0.3) is 5.91 Å². The fourth-order valence-corrected chi connectivity index (χ4v) is 3.34. The molecule has 0 atom stereocenters. The van der Waals surface area contributed by atoms with E-state index in [9.17, 15) is 4.79 Å². The summed E-state index contributed by atoms with van der Waals surface area (Å²) in [6, 6.07) is 13.9. The maximum Gasteiger partial charge on any atom is 0.250 e. The summed E-state index contributed by atoms with van der Waals surface area (Å²) >= 11 is 0. The smallest absolute Gasteiger partial charge is 0.250 e. The van der Waals surface area contributed by atoms with Crippen LogP contribution in [0.15, 0.2) is 59.6 Å². The molecule has 1 aromatic heterocycles. The summed E-state index contributed by atoms with van der Waals surface area (Å²) in [5, 5.41) is 0.891. The highest BCUT2D eigenvalue weighted by atomic mass is 16.1. The average molecular weight is 358 g/mol. The minimum Gasteiger partial charge on any atom is -0.366 e. The number of nitrogens with zero attached hydrogens (tertiary/aromatic N) is 2. The standard InChI is InChI=1S/C22H22N4O/c1-14-6-8-15(9-7-14)19-13-17-18(24-20-5-3-4-12-26(20)2)11-10-16(22(23)27)21(17)25-19/h3,5-11,13,25H,4,12H2,1-2H3,(H2,23,27). The van der Waals surface area contributed by atoms with Crippen molar-refractivity contribution in [3.63, 3.8) is 0 Å². The second-order valence-electron chi connectivity index (χ2n) is 6.92. The number of benzene rings is 2. The fourth-order valence-electron chi connectivity index (χ4n) is 3.34. The summed E-state index contributed by atoms with van der Waals surface area (Å²) in [5.41, 5.74) is 10.8. The molecule has 0 fully saturated rings. The van der Waals surface area contributed by atoms with E-state index in [1.54, 1.807) is 6.07 Å². The second kappa shape index (κ2) is 6.76. The third kappa shape index (κ3) is 3.24. The molecule has 0 bridgehead atoms. The largest absolute Gasteiger partial charge is 0.366 e. The number of amidine groups is 1. The normalized spacial score (nSPS) is 15.6. The molecular weight excluding hydrogens is 336 g/mol. The molecule has 2 aromatic carbocycles. The zero-order chi connectivity index (χ0) is 19.0. The van der Waals surface area contributed by atoms with E-state index < -0.39 is 5.91 Å². The number of rotatable bonds is 3. The molecule has 0 unspecified atom stereocenters. The van der Waals surface area contributed by atoms with Gasteiger partial charge in [-0.3, -0.25) is 4.79 Å². The summed E-state index contributed by atoms with van der Waals surface area (Å²) in [5.74, 6) is 0.457. The Morgan fingerprint density at radius 3 is 2.67 bits per heavy atom. The molecule has 0 spiro atoms. The predicted molar refractivity (Wildman–Crippen MR) is 110 cm³/mol. The number of hydrogen-bond acceptors (Lipinski definition) is 2. The first kappa shape index (κ1) is 17.1. The van der Waals surface area contributed by atoms with Gasteiger partial charge in [-0.15, -0.1) is 0 Å². The number of aliphatic imine (C=N–C) groups is 1. The van der Waals surface area contributed by atoms with E-state index in [-0.39, 0.29) is 0 Å². The van der Waals surface area contributed by atoms with Crippen LogP contribution in [-0.4, -0.2) is 35.2 Å². The first-order chi connectivity index (χ1) is 13.0. The number of aryl methyl sites for hydroxylation is 1. The first-order valence-electron chi connectivity index (χ1n) is 9.02. The highest BCUT2D eigenvalue weighted by molar-refractivity contribution is 6.10. The van der Waals surface area contributed by atoms with Crippen molar-refractivity contribution in [3.05, 3.63) is 65.7 Å². The molecule has 0 saturated heterocycles. The lowest BCUT2D eigenvalue weighted by molar-refractivity contribution is 0.100. The van der Waals surface area contributed by atoms with Gasteiger partial charge >= 0.3 is 0 Å². The molecule has 3 aromatic rings. The van der Waals surface area contributed by atoms with Crippen molar-refractivity contribution in [3.8, 4) is 11.3 Å². The monoisotopic (exact) mass is 358 g/mol. The maximum absolute atomic E-state index is 11.9. The van der Waals surface area contributed by atoms with Crippen LogP contribution < -0.4 is 5.73 Å². The number of likely N-dealkylation sites (N-methyl/N-ethyl adjacent to an activating group) is 1. The Balaban J connectivity index is 1.90. The molecule has 4 rings (SSSR count). The summed E-state index contributed by atoms with van der Waals surface area (Å²) in [6.45, 7) is 3.00. The van der Waals surface area contributed by atoms with Crippen molar-refractivity contribution in [2.45, 2.75) is 13.3 Å². The third-order valence-corrected chi connectivity index (χ3v) is 4.92. The van der Waals surface area contributed by atoms with Crippen LogP contribution in [0.3, 0.4) is 0 Å². The molecule has 136 valence electrons. The Morgan fingerprint density at radius 2 is 1.96 bits per heavy atom. The predicted octanol–water partition coefficient (Wildman–Crippen LogP) is 4.16. The van der Waals surface area contributed by atoms with Crippen LogP contribution >= 0.6 is 0 Å². The van der Waals surface area contributed by atoms with Crippen LogP contribution in [-0.2, 0) is 0 Å². The van der Waals surface area contributed by atoms with E-state index in [2.05, 4.69) is 47.1 Å². The van der Waals surface area contributed by atoms with Gasteiger partial charge in [0.1, 0.15) is 5.84 Å². The van der Waals surface area contributed by atoms with Gasteiger partial charge in [-0.1, -0.05) is 35.9 Å². The lowest BCUT2D eigenvalue weighted by atomic mass is 10.1. The van der Waals surface area contributed by atoms with E-state index >= 15 is 0 Å². The number of primary amides is 1. The quantitative estimate of drug-likeness (QED) is 0.737. The molecule has 1 aliphatic rings. The number of aromatic nitrogens is 1. The molecule has 3 N–H and O–H groups in total. The molecule has 1 amide bonds. The number of amides is 1. The van der Waals surface area contributed by atoms with Crippen LogP contribution in [0.2, 0.25) is 0 Å². The minimum absolute atomic E-state index is 0.453. The van der Waals surface area contributed by atoms with E-state index in [1.165, 1.54) is 5.56 Å². The number of nitrogens with one attached hydrogen (secondary N) is 1. The van der Waals surface area contributed by atoms with E-state index in [4.69, 9.17) is 10.7 Å². The van der Waals surface area contributed by atoms with Crippen molar-refractivity contribution < 1.29 is 4.79 Å². The number of carbonyl (C=O) groups is 1. The van der Waals surface area contributed by atoms with Crippen LogP contribution in [0.5, 0.6) is 0 Å². The van der Waals surface area contributed by atoms with Gasteiger partial charge in [0, 0.05) is 24.7 Å². The Bertz CT molecular complexity index is 1070. The fraction of sp³-hybridized carbons (Fsp3) is 0.182. The molecule has 1 aliphatic heterocycles. The van der Waals surface area contributed by atoms with Gasteiger partial charge in [-0.25, -0.2) is 4.99 Å². The number of carbonyl (C=O) groups excluding carboxylic acids is 1. The number of nitrogens with two attached hydrogens (primary N) is 1. The Hall–Kier alpha value is -3.34. The van der Waals surface area contributed by atoms with E-state index in [0.717, 1.165) is 46.6 Å². The van der Waals surface area contributed by atoms with Gasteiger partial charge in [0.05, 0.1) is 16.8 Å². The van der Waals surface area contributed by atoms with Crippen molar-refractivity contribution in [1.29, 1.82) is 0 Å². The van der Waals surface area contributed by atoms with E-state index in [1.807, 2.05) is 25.3 Å². The number of hydrogen-bond donors (Lipinski definition) is 2. The van der Waals surface area contributed by atoms with Crippen molar-refractivity contribution in [2.24, 2.45) is 10.7 Å². The van der Waals surface area contributed by atoms with Gasteiger partial charge in [-0.2, -0.15) is 0 Å². The SMILES string of the molecule is Cc1ccc(-c2cc3c(N=C4C=CCCN4C)ccc(C(N)=O)c3[nH]2)cc1.